The van der Waals surface area contributed by atoms with Crippen molar-refractivity contribution in [3.63, 3.8) is 0 Å². The van der Waals surface area contributed by atoms with Gasteiger partial charge in [-0.15, -0.1) is 0 Å². The number of nitrogens with zero attached hydrogens (tertiary/aromatic N) is 3. The normalized spacial score (nSPS) is 22.4. The number of primary amides is 1. The van der Waals surface area contributed by atoms with Crippen molar-refractivity contribution >= 4 is 52.9 Å². The zero-order valence-corrected chi connectivity index (χ0v) is 41.1. The topological polar surface area (TPSA) is 231 Å². The van der Waals surface area contributed by atoms with E-state index in [-0.39, 0.29) is 31.0 Å². The lowest BCUT2D eigenvalue weighted by Crippen LogP contribution is -2.57. The van der Waals surface area contributed by atoms with E-state index in [0.717, 1.165) is 10.6 Å². The van der Waals surface area contributed by atoms with E-state index >= 15 is 19.2 Å². The van der Waals surface area contributed by atoms with E-state index in [9.17, 15) is 14.7 Å². The van der Waals surface area contributed by atoms with Crippen LogP contribution in [0.3, 0.4) is 0 Å². The van der Waals surface area contributed by atoms with Crippen LogP contribution in [0.5, 0.6) is 5.75 Å². The molecule has 9 rings (SSSR count). The number of ether oxygens (including phenoxy) is 4. The summed E-state index contributed by atoms with van der Waals surface area (Å²) in [5, 5.41) is 18.1. The fourth-order valence-electron chi connectivity index (χ4n) is 10.8. The third-order valence-electron chi connectivity index (χ3n) is 14.0. The van der Waals surface area contributed by atoms with Crippen LogP contribution in [0.1, 0.15) is 59.9 Å². The second-order valence-electron chi connectivity index (χ2n) is 18.6. The number of cyclic esters (lactones) is 1. The van der Waals surface area contributed by atoms with Crippen molar-refractivity contribution < 1.29 is 52.8 Å². The van der Waals surface area contributed by atoms with Crippen molar-refractivity contribution in [2.24, 2.45) is 17.6 Å². The number of benzene rings is 5. The number of hydrogen-bond acceptors (Lipinski definition) is 13. The van der Waals surface area contributed by atoms with Crippen molar-refractivity contribution in [3.05, 3.63) is 155 Å². The number of nitrogens with one attached hydrogen (secondary N) is 3. The zero-order chi connectivity index (χ0) is 52.1. The molecule has 6 amide bonds. The third-order valence-corrected chi connectivity index (χ3v) is 14.0. The van der Waals surface area contributed by atoms with E-state index in [1.807, 2.05) is 77.7 Å². The number of anilines is 3. The Kier molecular flexibility index (Phi) is 15.0. The summed E-state index contributed by atoms with van der Waals surface area (Å²) in [5.41, 5.74) is 6.68. The fraction of sp³-hybridized carbons (Fsp3) is 0.321. The number of esters is 2. The van der Waals surface area contributed by atoms with Gasteiger partial charge in [0, 0.05) is 30.0 Å². The molecule has 5 aromatic carbocycles. The van der Waals surface area contributed by atoms with Crippen molar-refractivity contribution in [1.29, 1.82) is 0 Å². The van der Waals surface area contributed by atoms with Crippen LogP contribution in [-0.2, 0) is 38.8 Å². The summed E-state index contributed by atoms with van der Waals surface area (Å²) in [7, 11) is 1.19. The van der Waals surface area contributed by atoms with Crippen molar-refractivity contribution in [1.82, 2.24) is 15.5 Å². The molecule has 4 aliphatic heterocycles. The molecular formula is C56H57N7O11. The van der Waals surface area contributed by atoms with Crippen molar-refractivity contribution in [2.45, 2.75) is 49.5 Å². The summed E-state index contributed by atoms with van der Waals surface area (Å²) in [6.07, 6.45) is -0.998. The maximum Gasteiger partial charge on any atom is 0.329 e. The van der Waals surface area contributed by atoms with Gasteiger partial charge in [0.05, 0.1) is 57.2 Å². The molecule has 74 heavy (non-hydrogen) atoms. The van der Waals surface area contributed by atoms with Crippen LogP contribution in [-0.4, -0.2) is 111 Å². The molecule has 3 fully saturated rings. The Morgan fingerprint density at radius 3 is 2.20 bits per heavy atom. The molecule has 0 radical (unpaired) electrons. The number of hydrogen-bond donors (Lipinski definition) is 5. The highest BCUT2D eigenvalue weighted by Crippen LogP contribution is 2.66. The monoisotopic (exact) mass is 1000 g/mol. The number of carbonyl (C=O) groups excluding carboxylic acids is 6. The van der Waals surface area contributed by atoms with Crippen molar-refractivity contribution in [2.75, 3.05) is 68.3 Å². The van der Waals surface area contributed by atoms with Gasteiger partial charge in [0.25, 0.3) is 0 Å². The minimum Gasteiger partial charge on any atom is -0.491 e. The third kappa shape index (κ3) is 9.60. The Labute approximate surface area is 428 Å². The minimum absolute atomic E-state index is 0.0510. The first-order chi connectivity index (χ1) is 35.9. The number of morpholine rings is 2. The molecule has 382 valence electrons. The number of amides is 6. The van der Waals surface area contributed by atoms with E-state index in [1.54, 1.807) is 62.4 Å². The molecule has 0 saturated carbocycles. The molecule has 18 nitrogen and oxygen atoms in total. The number of urea groups is 2. The Morgan fingerprint density at radius 2 is 1.54 bits per heavy atom. The Morgan fingerprint density at radius 1 is 0.851 bits per heavy atom. The fourth-order valence-corrected chi connectivity index (χ4v) is 10.8. The summed E-state index contributed by atoms with van der Waals surface area (Å²) in [5.74, 6) is 0.860. The number of carbonyl (C=O) groups is 6. The highest BCUT2D eigenvalue weighted by Gasteiger charge is 2.75. The van der Waals surface area contributed by atoms with E-state index in [2.05, 4.69) is 32.7 Å². The van der Waals surface area contributed by atoms with E-state index < -0.39 is 83.3 Å². The number of fused-ring (bicyclic) bond motifs is 3. The van der Waals surface area contributed by atoms with Gasteiger partial charge in [0.2, 0.25) is 11.8 Å². The molecule has 1 spiro atoms. The van der Waals surface area contributed by atoms with E-state index in [1.165, 1.54) is 13.2 Å². The molecule has 4 heterocycles. The van der Waals surface area contributed by atoms with Gasteiger partial charge in [0.15, 0.2) is 0 Å². The summed E-state index contributed by atoms with van der Waals surface area (Å²) in [6.45, 7) is 5.39. The average molecular weight is 1000 g/mol. The highest BCUT2D eigenvalue weighted by atomic mass is 16.6. The van der Waals surface area contributed by atoms with Gasteiger partial charge >= 0.3 is 24.0 Å². The van der Waals surface area contributed by atoms with Crippen LogP contribution >= 0.6 is 0 Å². The molecule has 3 saturated heterocycles. The summed E-state index contributed by atoms with van der Waals surface area (Å²) >= 11 is 0. The first-order valence-corrected chi connectivity index (χ1v) is 24.4. The maximum absolute atomic E-state index is 16.8. The molecule has 0 aliphatic carbocycles. The van der Waals surface area contributed by atoms with Crippen molar-refractivity contribution in [3.8, 4) is 17.6 Å². The lowest BCUT2D eigenvalue weighted by molar-refractivity contribution is -0.177. The molecule has 18 heteroatoms. The molecule has 5 aromatic rings. The minimum atomic E-state index is -2.20. The molecular weight excluding hydrogens is 947 g/mol. The summed E-state index contributed by atoms with van der Waals surface area (Å²) in [6, 6.07) is 30.7. The number of methoxy groups -OCH3 is 1. The van der Waals surface area contributed by atoms with Crippen LogP contribution in [0.15, 0.2) is 127 Å². The Balaban J connectivity index is 1.33. The first-order valence-electron chi connectivity index (χ1n) is 24.4. The number of aliphatic hydroxyl groups is 1. The number of imide groups is 1. The quantitative estimate of drug-likeness (QED) is 0.0763. The van der Waals surface area contributed by atoms with E-state index in [4.69, 9.17) is 24.7 Å². The number of nitrogens with two attached hydrogens (primary N) is 1. The zero-order valence-electron chi connectivity index (χ0n) is 41.1. The number of aliphatic hydroxyl groups excluding tert-OH is 1. The Hall–Kier alpha value is -8.24. The summed E-state index contributed by atoms with van der Waals surface area (Å²) in [4.78, 5) is 93.4. The van der Waals surface area contributed by atoms with Gasteiger partial charge in [-0.2, -0.15) is 0 Å². The first kappa shape index (κ1) is 50.7. The number of rotatable bonds is 13. The van der Waals surface area contributed by atoms with Gasteiger partial charge in [-0.25, -0.2) is 19.3 Å². The van der Waals surface area contributed by atoms with Gasteiger partial charge in [-0.1, -0.05) is 98.5 Å². The maximum atomic E-state index is 16.8. The lowest BCUT2D eigenvalue weighted by Gasteiger charge is -2.46. The van der Waals surface area contributed by atoms with Gasteiger partial charge in [-0.3, -0.25) is 19.3 Å². The predicted octanol–water partition coefficient (Wildman–Crippen LogP) is 5.13. The van der Waals surface area contributed by atoms with Crippen LogP contribution in [0.4, 0.5) is 26.7 Å². The largest absolute Gasteiger partial charge is 0.491 e. The van der Waals surface area contributed by atoms with Crippen LogP contribution in [0, 0.1) is 23.7 Å². The van der Waals surface area contributed by atoms with Gasteiger partial charge in [-0.05, 0) is 82.8 Å². The predicted molar refractivity (Wildman–Crippen MR) is 273 cm³/mol. The Bertz CT molecular complexity index is 2980. The lowest BCUT2D eigenvalue weighted by atomic mass is 9.65. The molecule has 0 bridgehead atoms. The molecule has 7 atom stereocenters. The van der Waals surface area contributed by atoms with Crippen LogP contribution < -0.4 is 36.2 Å². The average Bonchev–Trinajstić information content (AvgIpc) is 3.88. The molecule has 0 aromatic heterocycles. The van der Waals surface area contributed by atoms with Gasteiger partial charge in [0.1, 0.15) is 36.0 Å². The van der Waals surface area contributed by atoms with Crippen LogP contribution in [0.25, 0.3) is 0 Å². The second kappa shape index (κ2) is 21.9. The molecule has 6 N–H and O–H groups in total. The standard InChI is InChI=1S/C56H57N7O11/c1-34(2)45(51(66)71-3)60-55(70)62-43-24-19-35(12-11-25-58-54(57)69)32-42(43)56(53(62)68)44(50(65)59-39-20-22-40(23-21-39)61-26-29-72-30-27-61)47-52(67)74-48(37-15-8-5-9-16-37)46(36-13-6-4-7-14-36)63(47)49(56)38-17-10-18-41(33-38)73-31-28-64/h4-10,13-24,32-34,44-49,64H,25-31H2,1-3H3,(H,59,65)(H,60,70)(H3,57,58,69)/t44-,45+,46-,47-,48+,49+,56-/m1/s1. The second-order valence-corrected chi connectivity index (χ2v) is 18.6. The smallest absolute Gasteiger partial charge is 0.329 e. The van der Waals surface area contributed by atoms with Crippen LogP contribution in [0.2, 0.25) is 0 Å². The summed E-state index contributed by atoms with van der Waals surface area (Å²) < 4.78 is 23.3. The molecule has 4 aliphatic rings. The van der Waals surface area contributed by atoms with E-state index in [0.29, 0.717) is 60.0 Å². The highest BCUT2D eigenvalue weighted by molar-refractivity contribution is 6.25. The SMILES string of the molecule is COC(=O)[C@@H](NC(=O)N1C(=O)[C@@]2(c3cc(C#CCNC(N)=O)ccc31)[C@H](c1cccc(OCCO)c1)N1[C@H](c3ccccc3)[C@H](c3ccccc3)OC(=O)[C@H]1[C@@H]2C(=O)Nc1ccc(N2CCOCC2)cc1)C(C)C. The molecule has 0 unspecified atom stereocenters. The van der Waals surface area contributed by atoms with Gasteiger partial charge < -0.3 is 50.6 Å².